The van der Waals surface area contributed by atoms with Crippen LogP contribution in [0, 0.1) is 11.6 Å². The van der Waals surface area contributed by atoms with Gasteiger partial charge >= 0.3 is 0 Å². The lowest BCUT2D eigenvalue weighted by Crippen LogP contribution is -2.26. The molecule has 3 N–H and O–H groups in total. The number of anilines is 1. The van der Waals surface area contributed by atoms with Crippen molar-refractivity contribution in [2.45, 2.75) is 18.9 Å². The molecule has 1 atom stereocenters. The van der Waals surface area contributed by atoms with E-state index in [9.17, 15) is 8.78 Å². The van der Waals surface area contributed by atoms with Crippen LogP contribution in [0.15, 0.2) is 18.2 Å². The van der Waals surface area contributed by atoms with Gasteiger partial charge in [-0.1, -0.05) is 0 Å². The third kappa shape index (κ3) is 5.10. The summed E-state index contributed by atoms with van der Waals surface area (Å²) in [4.78, 5) is 0. The molecule has 0 aromatic heterocycles. The van der Waals surface area contributed by atoms with Gasteiger partial charge in [0, 0.05) is 24.9 Å². The molecule has 17 heavy (non-hydrogen) atoms. The first-order valence-corrected chi connectivity index (χ1v) is 5.57. The van der Waals surface area contributed by atoms with Crippen LogP contribution in [0.5, 0.6) is 0 Å². The van der Waals surface area contributed by atoms with Crippen LogP contribution >= 0.6 is 0 Å². The monoisotopic (exact) mass is 244 g/mol. The molecule has 0 heterocycles. The average molecular weight is 244 g/mol. The van der Waals surface area contributed by atoms with Crippen LogP contribution < -0.4 is 11.1 Å². The highest BCUT2D eigenvalue weighted by Crippen LogP contribution is 2.15. The standard InChI is InChI=1S/C12H18F2N2O/c1-17-8-11(3-2-4-15)16-12-6-9(13)5-10(14)7-12/h5-7,11,16H,2-4,8,15H2,1H3. The molecule has 1 unspecified atom stereocenters. The Morgan fingerprint density at radius 1 is 1.29 bits per heavy atom. The van der Waals surface area contributed by atoms with Crippen molar-refractivity contribution in [1.82, 2.24) is 0 Å². The molecule has 0 aliphatic rings. The van der Waals surface area contributed by atoms with Crippen molar-refractivity contribution in [2.75, 3.05) is 25.6 Å². The minimum absolute atomic E-state index is 0.00440. The van der Waals surface area contributed by atoms with Crippen molar-refractivity contribution in [1.29, 1.82) is 0 Å². The van der Waals surface area contributed by atoms with E-state index in [1.807, 2.05) is 0 Å². The van der Waals surface area contributed by atoms with Crippen molar-refractivity contribution < 1.29 is 13.5 Å². The molecule has 0 amide bonds. The van der Waals surface area contributed by atoms with Crippen LogP contribution in [0.1, 0.15) is 12.8 Å². The minimum Gasteiger partial charge on any atom is -0.383 e. The second kappa shape index (κ2) is 7.19. The smallest absolute Gasteiger partial charge is 0.128 e. The molecule has 0 aliphatic carbocycles. The molecule has 0 bridgehead atoms. The topological polar surface area (TPSA) is 47.3 Å². The maximum atomic E-state index is 13.0. The molecule has 96 valence electrons. The molecule has 0 saturated heterocycles. The Morgan fingerprint density at radius 3 is 2.47 bits per heavy atom. The number of nitrogens with one attached hydrogen (secondary N) is 1. The van der Waals surface area contributed by atoms with E-state index in [1.54, 1.807) is 7.11 Å². The first kappa shape index (κ1) is 13.9. The summed E-state index contributed by atoms with van der Waals surface area (Å²) in [5, 5.41) is 3.04. The number of benzene rings is 1. The molecule has 1 aromatic carbocycles. The van der Waals surface area contributed by atoms with Crippen molar-refractivity contribution in [3.05, 3.63) is 29.8 Å². The highest BCUT2D eigenvalue weighted by Gasteiger charge is 2.09. The summed E-state index contributed by atoms with van der Waals surface area (Å²) in [6.07, 6.45) is 1.63. The molecule has 1 rings (SSSR count). The summed E-state index contributed by atoms with van der Waals surface area (Å²) in [7, 11) is 1.59. The van der Waals surface area contributed by atoms with Gasteiger partial charge in [0.15, 0.2) is 0 Å². The van der Waals surface area contributed by atoms with Crippen LogP contribution in [-0.4, -0.2) is 26.3 Å². The third-order valence-electron chi connectivity index (χ3n) is 2.36. The van der Waals surface area contributed by atoms with Crippen LogP contribution in [0.25, 0.3) is 0 Å². The summed E-state index contributed by atoms with van der Waals surface area (Å²) >= 11 is 0. The lowest BCUT2D eigenvalue weighted by atomic mass is 10.1. The summed E-state index contributed by atoms with van der Waals surface area (Å²) in [6, 6.07) is 3.36. The van der Waals surface area contributed by atoms with E-state index >= 15 is 0 Å². The maximum absolute atomic E-state index is 13.0. The third-order valence-corrected chi connectivity index (χ3v) is 2.36. The van der Waals surface area contributed by atoms with Crippen LogP contribution in [-0.2, 0) is 4.74 Å². The number of nitrogens with two attached hydrogens (primary N) is 1. The second-order valence-corrected chi connectivity index (χ2v) is 3.89. The largest absolute Gasteiger partial charge is 0.383 e. The van der Waals surface area contributed by atoms with E-state index in [0.29, 0.717) is 18.8 Å². The Kier molecular flexibility index (Phi) is 5.86. The number of hydrogen-bond acceptors (Lipinski definition) is 3. The van der Waals surface area contributed by atoms with Gasteiger partial charge in [0.25, 0.3) is 0 Å². The average Bonchev–Trinajstić information content (AvgIpc) is 2.24. The fourth-order valence-corrected chi connectivity index (χ4v) is 1.64. The number of halogens is 2. The van der Waals surface area contributed by atoms with E-state index in [1.165, 1.54) is 12.1 Å². The molecule has 0 saturated carbocycles. The Bertz CT molecular complexity index is 327. The summed E-state index contributed by atoms with van der Waals surface area (Å²) in [5.74, 6) is -1.19. The van der Waals surface area contributed by atoms with Crippen LogP contribution in [0.4, 0.5) is 14.5 Å². The zero-order chi connectivity index (χ0) is 12.7. The van der Waals surface area contributed by atoms with Gasteiger partial charge in [0.05, 0.1) is 6.61 Å². The minimum atomic E-state index is -0.595. The Labute approximate surface area is 100.0 Å². The van der Waals surface area contributed by atoms with Gasteiger partial charge in [-0.3, -0.25) is 0 Å². The number of rotatable bonds is 7. The fourth-order valence-electron chi connectivity index (χ4n) is 1.64. The van der Waals surface area contributed by atoms with Crippen LogP contribution in [0.2, 0.25) is 0 Å². The molecular formula is C12H18F2N2O. The number of methoxy groups -OCH3 is 1. The molecular weight excluding hydrogens is 226 g/mol. The quantitative estimate of drug-likeness (QED) is 0.772. The second-order valence-electron chi connectivity index (χ2n) is 3.89. The molecule has 5 heteroatoms. The van der Waals surface area contributed by atoms with Crippen molar-refractivity contribution in [2.24, 2.45) is 5.73 Å². The number of ether oxygens (including phenoxy) is 1. The Morgan fingerprint density at radius 2 is 1.94 bits per heavy atom. The summed E-state index contributed by atoms with van der Waals surface area (Å²) in [5.41, 5.74) is 5.84. The molecule has 0 aliphatic heterocycles. The zero-order valence-corrected chi connectivity index (χ0v) is 9.88. The molecule has 0 fully saturated rings. The van der Waals surface area contributed by atoms with Gasteiger partial charge in [0.1, 0.15) is 11.6 Å². The van der Waals surface area contributed by atoms with E-state index in [0.717, 1.165) is 18.9 Å². The van der Waals surface area contributed by atoms with Gasteiger partial charge in [-0.05, 0) is 31.5 Å². The maximum Gasteiger partial charge on any atom is 0.128 e. The zero-order valence-electron chi connectivity index (χ0n) is 9.88. The predicted octanol–water partition coefficient (Wildman–Crippen LogP) is 2.13. The van der Waals surface area contributed by atoms with Gasteiger partial charge in [-0.15, -0.1) is 0 Å². The molecule has 3 nitrogen and oxygen atoms in total. The molecule has 1 aromatic rings. The predicted molar refractivity (Wildman–Crippen MR) is 63.9 cm³/mol. The number of hydrogen-bond donors (Lipinski definition) is 2. The van der Waals surface area contributed by atoms with Crippen LogP contribution in [0.3, 0.4) is 0 Å². The summed E-state index contributed by atoms with van der Waals surface area (Å²) in [6.45, 7) is 1.05. The highest BCUT2D eigenvalue weighted by atomic mass is 19.1. The Balaban J connectivity index is 2.63. The summed E-state index contributed by atoms with van der Waals surface area (Å²) < 4.78 is 31.0. The van der Waals surface area contributed by atoms with Crippen molar-refractivity contribution in [3.8, 4) is 0 Å². The Hall–Kier alpha value is -1.20. The van der Waals surface area contributed by atoms with Gasteiger partial charge in [0.2, 0.25) is 0 Å². The van der Waals surface area contributed by atoms with Gasteiger partial charge in [-0.2, -0.15) is 0 Å². The van der Waals surface area contributed by atoms with E-state index in [4.69, 9.17) is 10.5 Å². The fraction of sp³-hybridized carbons (Fsp3) is 0.500. The van der Waals surface area contributed by atoms with Crippen molar-refractivity contribution in [3.63, 3.8) is 0 Å². The lowest BCUT2D eigenvalue weighted by Gasteiger charge is -2.19. The van der Waals surface area contributed by atoms with Gasteiger partial charge in [-0.25, -0.2) is 8.78 Å². The van der Waals surface area contributed by atoms with E-state index in [-0.39, 0.29) is 6.04 Å². The SMILES string of the molecule is COCC(CCCN)Nc1cc(F)cc(F)c1. The van der Waals surface area contributed by atoms with E-state index < -0.39 is 11.6 Å². The van der Waals surface area contributed by atoms with Gasteiger partial charge < -0.3 is 15.8 Å². The first-order valence-electron chi connectivity index (χ1n) is 5.57. The normalized spacial score (nSPS) is 12.5. The van der Waals surface area contributed by atoms with E-state index in [2.05, 4.69) is 5.32 Å². The molecule has 0 radical (unpaired) electrons. The first-order chi connectivity index (χ1) is 8.15. The highest BCUT2D eigenvalue weighted by molar-refractivity contribution is 5.44. The molecule has 0 spiro atoms. The van der Waals surface area contributed by atoms with Crippen molar-refractivity contribution >= 4 is 5.69 Å². The lowest BCUT2D eigenvalue weighted by molar-refractivity contribution is 0.182.